The maximum absolute atomic E-state index is 2.34. The normalized spacial score (nSPS) is 19.4. The Morgan fingerprint density at radius 3 is 2.44 bits per heavy atom. The highest BCUT2D eigenvalue weighted by Crippen LogP contribution is 2.21. The molecule has 2 rings (SSSR count). The molecule has 84 valence electrons. The maximum Gasteiger partial charge on any atom is 0.0509 e. The van der Waals surface area contributed by atoms with Crippen molar-refractivity contribution in [3.8, 4) is 0 Å². The molecule has 0 heterocycles. The monoisotopic (exact) mass is 213 g/mol. The largest absolute Gasteiger partial charge is 0.368 e. The first-order valence-corrected chi connectivity index (χ1v) is 5.81. The lowest BCUT2D eigenvalue weighted by atomic mass is 10.0. The van der Waals surface area contributed by atoms with Crippen molar-refractivity contribution in [2.24, 2.45) is 0 Å². The number of allylic oxidation sites excluding steroid dienone is 2. The van der Waals surface area contributed by atoms with Crippen LogP contribution in [-0.4, -0.2) is 13.1 Å². The molecule has 1 aliphatic rings. The van der Waals surface area contributed by atoms with E-state index in [1.807, 2.05) is 0 Å². The molecule has 0 aromatic heterocycles. The molecule has 16 heavy (non-hydrogen) atoms. The van der Waals surface area contributed by atoms with Crippen LogP contribution in [0.3, 0.4) is 0 Å². The van der Waals surface area contributed by atoms with Gasteiger partial charge in [0.1, 0.15) is 0 Å². The third-order valence-corrected chi connectivity index (χ3v) is 3.15. The first-order chi connectivity index (χ1) is 7.66. The molecule has 0 radical (unpaired) electrons. The van der Waals surface area contributed by atoms with E-state index in [-0.39, 0.29) is 0 Å². The van der Waals surface area contributed by atoms with E-state index in [4.69, 9.17) is 0 Å². The van der Waals surface area contributed by atoms with E-state index in [2.05, 4.69) is 68.3 Å². The van der Waals surface area contributed by atoms with Crippen LogP contribution in [0.25, 0.3) is 0 Å². The molecule has 0 spiro atoms. The lowest BCUT2D eigenvalue weighted by Crippen LogP contribution is -2.30. The van der Waals surface area contributed by atoms with E-state index < -0.39 is 0 Å². The molecule has 0 bridgehead atoms. The second kappa shape index (κ2) is 4.56. The number of aryl methyl sites for hydroxylation is 1. The molecule has 1 heteroatoms. The molecular weight excluding hydrogens is 194 g/mol. The van der Waals surface area contributed by atoms with Crippen molar-refractivity contribution in [1.82, 2.24) is 0 Å². The summed E-state index contributed by atoms with van der Waals surface area (Å²) in [5, 5.41) is 0. The molecule has 1 aromatic rings. The molecule has 1 atom stereocenters. The summed E-state index contributed by atoms with van der Waals surface area (Å²) in [5.74, 6) is 0. The first kappa shape index (κ1) is 11.0. The molecular formula is C15H19N. The predicted molar refractivity (Wildman–Crippen MR) is 70.9 cm³/mol. The summed E-state index contributed by atoms with van der Waals surface area (Å²) in [7, 11) is 2.16. The minimum Gasteiger partial charge on any atom is -0.368 e. The summed E-state index contributed by atoms with van der Waals surface area (Å²) in [5.41, 5.74) is 3.96. The van der Waals surface area contributed by atoms with Crippen LogP contribution in [0.1, 0.15) is 18.9 Å². The second-order valence-corrected chi connectivity index (χ2v) is 4.56. The van der Waals surface area contributed by atoms with Crippen LogP contribution < -0.4 is 4.90 Å². The fourth-order valence-electron chi connectivity index (χ4n) is 2.06. The van der Waals surface area contributed by atoms with Crippen molar-refractivity contribution < 1.29 is 0 Å². The fourth-order valence-corrected chi connectivity index (χ4v) is 2.06. The van der Waals surface area contributed by atoms with Crippen molar-refractivity contribution in [2.45, 2.75) is 26.3 Å². The lowest BCUT2D eigenvalue weighted by Gasteiger charge is -2.29. The molecule has 1 unspecified atom stereocenters. The minimum atomic E-state index is 0.493. The number of rotatable bonds is 2. The van der Waals surface area contributed by atoms with E-state index in [0.717, 1.165) is 6.42 Å². The number of hydrogen-bond acceptors (Lipinski definition) is 1. The Balaban J connectivity index is 2.16. The number of hydrogen-bond donors (Lipinski definition) is 0. The molecule has 0 N–H and O–H groups in total. The van der Waals surface area contributed by atoms with Crippen molar-refractivity contribution in [3.05, 3.63) is 53.6 Å². The highest BCUT2D eigenvalue weighted by molar-refractivity contribution is 5.49. The SMILES string of the molecule is CC1=CC(N(C)c2ccc(C)cc2)CC=C1. The van der Waals surface area contributed by atoms with Crippen molar-refractivity contribution in [3.63, 3.8) is 0 Å². The van der Waals surface area contributed by atoms with E-state index in [9.17, 15) is 0 Å². The zero-order valence-corrected chi connectivity index (χ0v) is 10.3. The number of anilines is 1. The smallest absolute Gasteiger partial charge is 0.0509 e. The van der Waals surface area contributed by atoms with Gasteiger partial charge in [0.05, 0.1) is 6.04 Å². The van der Waals surface area contributed by atoms with Crippen LogP contribution in [0.2, 0.25) is 0 Å². The number of nitrogens with zero attached hydrogens (tertiary/aromatic N) is 1. The van der Waals surface area contributed by atoms with Crippen molar-refractivity contribution in [2.75, 3.05) is 11.9 Å². The van der Waals surface area contributed by atoms with Gasteiger partial charge in [-0.3, -0.25) is 0 Å². The summed E-state index contributed by atoms with van der Waals surface area (Å²) in [6.07, 6.45) is 7.88. The van der Waals surface area contributed by atoms with Crippen LogP contribution >= 0.6 is 0 Å². The van der Waals surface area contributed by atoms with Gasteiger partial charge >= 0.3 is 0 Å². The Labute approximate surface area is 98.1 Å². The Morgan fingerprint density at radius 2 is 1.81 bits per heavy atom. The van der Waals surface area contributed by atoms with Crippen molar-refractivity contribution in [1.29, 1.82) is 0 Å². The highest BCUT2D eigenvalue weighted by Gasteiger charge is 2.13. The van der Waals surface area contributed by atoms with Crippen LogP contribution in [-0.2, 0) is 0 Å². The lowest BCUT2D eigenvalue weighted by molar-refractivity contribution is 0.747. The second-order valence-electron chi connectivity index (χ2n) is 4.56. The van der Waals surface area contributed by atoms with Crippen LogP contribution in [0.15, 0.2) is 48.1 Å². The van der Waals surface area contributed by atoms with Gasteiger partial charge in [-0.2, -0.15) is 0 Å². The third kappa shape index (κ3) is 2.35. The average Bonchev–Trinajstić information content (AvgIpc) is 2.29. The van der Waals surface area contributed by atoms with Gasteiger partial charge in [0, 0.05) is 12.7 Å². The number of likely N-dealkylation sites (N-methyl/N-ethyl adjacent to an activating group) is 1. The summed E-state index contributed by atoms with van der Waals surface area (Å²) in [6.45, 7) is 4.28. The molecule has 0 saturated carbocycles. The quantitative estimate of drug-likeness (QED) is 0.724. The molecule has 1 aliphatic carbocycles. The zero-order valence-electron chi connectivity index (χ0n) is 10.3. The topological polar surface area (TPSA) is 3.24 Å². The molecule has 0 saturated heterocycles. The van der Waals surface area contributed by atoms with E-state index in [1.54, 1.807) is 0 Å². The van der Waals surface area contributed by atoms with Crippen molar-refractivity contribution >= 4 is 5.69 Å². The minimum absolute atomic E-state index is 0.493. The Bertz CT molecular complexity index is 412. The summed E-state index contributed by atoms with van der Waals surface area (Å²) < 4.78 is 0. The summed E-state index contributed by atoms with van der Waals surface area (Å²) >= 11 is 0. The standard InChI is InChI=1S/C15H19N/c1-12-7-9-14(10-8-12)16(3)15-6-4-5-13(2)11-15/h4-5,7-11,15H,6H2,1-3H3. The molecule has 1 nitrogen and oxygen atoms in total. The highest BCUT2D eigenvalue weighted by atomic mass is 15.1. The molecule has 0 amide bonds. The van der Waals surface area contributed by atoms with E-state index >= 15 is 0 Å². The third-order valence-electron chi connectivity index (χ3n) is 3.15. The van der Waals surface area contributed by atoms with E-state index in [1.165, 1.54) is 16.8 Å². The van der Waals surface area contributed by atoms with Gasteiger partial charge in [0.15, 0.2) is 0 Å². The summed E-state index contributed by atoms with van der Waals surface area (Å²) in [4.78, 5) is 2.34. The predicted octanol–water partition coefficient (Wildman–Crippen LogP) is 3.71. The van der Waals surface area contributed by atoms with E-state index in [0.29, 0.717) is 6.04 Å². The molecule has 0 fully saturated rings. The number of benzene rings is 1. The van der Waals surface area contributed by atoms with Gasteiger partial charge in [-0.1, -0.05) is 41.5 Å². The van der Waals surface area contributed by atoms with Crippen LogP contribution in [0, 0.1) is 6.92 Å². The van der Waals surface area contributed by atoms with Gasteiger partial charge in [0.2, 0.25) is 0 Å². The Morgan fingerprint density at radius 1 is 1.12 bits per heavy atom. The first-order valence-electron chi connectivity index (χ1n) is 5.81. The average molecular weight is 213 g/mol. The maximum atomic E-state index is 2.34. The Kier molecular flexibility index (Phi) is 3.14. The van der Waals surface area contributed by atoms with Crippen LogP contribution in [0.4, 0.5) is 5.69 Å². The Hall–Kier alpha value is -1.50. The fraction of sp³-hybridized carbons (Fsp3) is 0.333. The van der Waals surface area contributed by atoms with Gasteiger partial charge in [-0.05, 0) is 32.4 Å². The van der Waals surface area contributed by atoms with Gasteiger partial charge in [-0.25, -0.2) is 0 Å². The van der Waals surface area contributed by atoms with Gasteiger partial charge in [0.25, 0.3) is 0 Å². The van der Waals surface area contributed by atoms with Crippen LogP contribution in [0.5, 0.6) is 0 Å². The summed E-state index contributed by atoms with van der Waals surface area (Å²) in [6, 6.07) is 9.21. The van der Waals surface area contributed by atoms with Gasteiger partial charge < -0.3 is 4.90 Å². The molecule has 1 aromatic carbocycles. The molecule has 0 aliphatic heterocycles. The van der Waals surface area contributed by atoms with Gasteiger partial charge in [-0.15, -0.1) is 0 Å². The zero-order chi connectivity index (χ0) is 11.5.